The molecular weight excluding hydrogens is 208 g/mol. The molecule has 0 amide bonds. The maximum absolute atomic E-state index is 4.65. The standard InChI is InChI=1S/C15H20N2/c1-5-7-13-14(6-2)17-10-12(11(3)4)8-9-15(17)16-13/h5,7-11H,6H2,1-4H3/b7-5-. The van der Waals surface area contributed by atoms with Gasteiger partial charge in [0, 0.05) is 11.9 Å². The maximum atomic E-state index is 4.65. The van der Waals surface area contributed by atoms with Crippen LogP contribution in [0.3, 0.4) is 0 Å². The minimum atomic E-state index is 0.552. The fourth-order valence-corrected chi connectivity index (χ4v) is 2.11. The lowest BCUT2D eigenvalue weighted by atomic mass is 10.1. The van der Waals surface area contributed by atoms with Crippen LogP contribution in [0.15, 0.2) is 24.4 Å². The smallest absolute Gasteiger partial charge is 0.137 e. The average Bonchev–Trinajstić information content (AvgIpc) is 2.65. The van der Waals surface area contributed by atoms with Crippen molar-refractivity contribution in [1.82, 2.24) is 9.38 Å². The first-order valence-electron chi connectivity index (χ1n) is 6.31. The highest BCUT2D eigenvalue weighted by Crippen LogP contribution is 2.20. The molecule has 0 radical (unpaired) electrons. The number of imidazole rings is 1. The minimum absolute atomic E-state index is 0.552. The molecule has 2 heteroatoms. The van der Waals surface area contributed by atoms with Gasteiger partial charge >= 0.3 is 0 Å². The molecule has 0 atom stereocenters. The highest BCUT2D eigenvalue weighted by molar-refractivity contribution is 5.56. The number of aryl methyl sites for hydroxylation is 1. The van der Waals surface area contributed by atoms with Crippen LogP contribution in [-0.2, 0) is 6.42 Å². The second kappa shape index (κ2) is 4.74. The van der Waals surface area contributed by atoms with E-state index in [9.17, 15) is 0 Å². The number of fused-ring (bicyclic) bond motifs is 1. The van der Waals surface area contributed by atoms with Gasteiger partial charge in [-0.1, -0.05) is 32.9 Å². The number of hydrogen-bond acceptors (Lipinski definition) is 1. The van der Waals surface area contributed by atoms with Crippen LogP contribution in [0.2, 0.25) is 0 Å². The summed E-state index contributed by atoms with van der Waals surface area (Å²) in [7, 11) is 0. The summed E-state index contributed by atoms with van der Waals surface area (Å²) in [5.74, 6) is 0.552. The largest absolute Gasteiger partial charge is 0.303 e. The summed E-state index contributed by atoms with van der Waals surface area (Å²) in [6.07, 6.45) is 7.35. The Bertz CT molecular complexity index is 547. The monoisotopic (exact) mass is 228 g/mol. The van der Waals surface area contributed by atoms with Gasteiger partial charge in [-0.2, -0.15) is 0 Å². The van der Waals surface area contributed by atoms with Crippen LogP contribution in [0.5, 0.6) is 0 Å². The van der Waals surface area contributed by atoms with Crippen LogP contribution in [0.4, 0.5) is 0 Å². The summed E-state index contributed by atoms with van der Waals surface area (Å²) in [6, 6.07) is 4.29. The number of hydrogen-bond donors (Lipinski definition) is 0. The molecule has 0 aliphatic rings. The number of pyridine rings is 1. The van der Waals surface area contributed by atoms with Crippen LogP contribution in [0, 0.1) is 0 Å². The molecular formula is C15H20N2. The first-order chi connectivity index (χ1) is 8.17. The van der Waals surface area contributed by atoms with Gasteiger partial charge in [0.2, 0.25) is 0 Å². The van der Waals surface area contributed by atoms with Gasteiger partial charge < -0.3 is 4.40 Å². The molecule has 0 N–H and O–H groups in total. The van der Waals surface area contributed by atoms with E-state index in [-0.39, 0.29) is 0 Å². The van der Waals surface area contributed by atoms with Crippen molar-refractivity contribution >= 4 is 11.7 Å². The molecule has 2 rings (SSSR count). The first kappa shape index (κ1) is 11.9. The molecule has 0 fully saturated rings. The molecule has 2 aromatic rings. The minimum Gasteiger partial charge on any atom is -0.303 e. The Morgan fingerprint density at radius 2 is 2.12 bits per heavy atom. The summed E-state index contributed by atoms with van der Waals surface area (Å²) in [5, 5.41) is 0. The summed E-state index contributed by atoms with van der Waals surface area (Å²) < 4.78 is 2.23. The molecule has 2 heterocycles. The zero-order chi connectivity index (χ0) is 12.4. The van der Waals surface area contributed by atoms with E-state index < -0.39 is 0 Å². The molecule has 2 aromatic heterocycles. The van der Waals surface area contributed by atoms with E-state index in [0.29, 0.717) is 5.92 Å². The lowest BCUT2D eigenvalue weighted by Gasteiger charge is -2.07. The summed E-state index contributed by atoms with van der Waals surface area (Å²) >= 11 is 0. The van der Waals surface area contributed by atoms with Crippen molar-refractivity contribution in [2.45, 2.75) is 40.0 Å². The Morgan fingerprint density at radius 1 is 1.35 bits per heavy atom. The van der Waals surface area contributed by atoms with Crippen LogP contribution < -0.4 is 0 Å². The highest BCUT2D eigenvalue weighted by Gasteiger charge is 2.09. The van der Waals surface area contributed by atoms with Gasteiger partial charge in [0.25, 0.3) is 0 Å². The van der Waals surface area contributed by atoms with Crippen molar-refractivity contribution in [3.05, 3.63) is 41.4 Å². The fraction of sp³-hybridized carbons (Fsp3) is 0.400. The predicted octanol–water partition coefficient (Wildman–Crippen LogP) is 4.05. The lowest BCUT2D eigenvalue weighted by molar-refractivity contribution is 0.847. The van der Waals surface area contributed by atoms with E-state index in [4.69, 9.17) is 0 Å². The first-order valence-corrected chi connectivity index (χ1v) is 6.31. The third kappa shape index (κ3) is 2.12. The Labute approximate surface area is 103 Å². The van der Waals surface area contributed by atoms with Crippen molar-refractivity contribution in [1.29, 1.82) is 0 Å². The van der Waals surface area contributed by atoms with E-state index in [0.717, 1.165) is 17.8 Å². The van der Waals surface area contributed by atoms with Crippen LogP contribution in [-0.4, -0.2) is 9.38 Å². The van der Waals surface area contributed by atoms with Crippen molar-refractivity contribution in [3.63, 3.8) is 0 Å². The van der Waals surface area contributed by atoms with Crippen LogP contribution in [0.1, 0.15) is 50.6 Å². The van der Waals surface area contributed by atoms with E-state index in [1.165, 1.54) is 11.3 Å². The second-order valence-corrected chi connectivity index (χ2v) is 4.64. The molecule has 17 heavy (non-hydrogen) atoms. The van der Waals surface area contributed by atoms with E-state index in [1.54, 1.807) is 0 Å². The van der Waals surface area contributed by atoms with Crippen molar-refractivity contribution in [2.75, 3.05) is 0 Å². The van der Waals surface area contributed by atoms with Crippen LogP contribution >= 0.6 is 0 Å². The van der Waals surface area contributed by atoms with Crippen molar-refractivity contribution < 1.29 is 0 Å². The van der Waals surface area contributed by atoms with E-state index in [1.807, 2.05) is 13.0 Å². The SMILES string of the molecule is C/C=C\c1nc2ccc(C(C)C)cn2c1CC. The topological polar surface area (TPSA) is 17.3 Å². The molecule has 0 spiro atoms. The van der Waals surface area contributed by atoms with Gasteiger partial charge in [0.1, 0.15) is 5.65 Å². The number of aromatic nitrogens is 2. The van der Waals surface area contributed by atoms with Gasteiger partial charge in [0.15, 0.2) is 0 Å². The predicted molar refractivity (Wildman–Crippen MR) is 73.4 cm³/mol. The van der Waals surface area contributed by atoms with Gasteiger partial charge in [-0.3, -0.25) is 0 Å². The molecule has 0 saturated heterocycles. The van der Waals surface area contributed by atoms with Gasteiger partial charge in [-0.05, 0) is 37.0 Å². The Kier molecular flexibility index (Phi) is 3.32. The van der Waals surface area contributed by atoms with E-state index in [2.05, 4.69) is 54.6 Å². The number of rotatable bonds is 3. The lowest BCUT2D eigenvalue weighted by Crippen LogP contribution is -1.96. The fourth-order valence-electron chi connectivity index (χ4n) is 2.11. The normalized spacial score (nSPS) is 12.1. The summed E-state index contributed by atoms with van der Waals surface area (Å²) in [6.45, 7) is 8.65. The number of allylic oxidation sites excluding steroid dienone is 1. The zero-order valence-electron chi connectivity index (χ0n) is 11.1. The summed E-state index contributed by atoms with van der Waals surface area (Å²) in [5.41, 5.74) is 4.78. The number of nitrogens with zero attached hydrogens (tertiary/aromatic N) is 2. The molecule has 0 saturated carbocycles. The highest BCUT2D eigenvalue weighted by atomic mass is 15.0. The van der Waals surface area contributed by atoms with Crippen LogP contribution in [0.25, 0.3) is 11.7 Å². The Morgan fingerprint density at radius 3 is 2.71 bits per heavy atom. The quantitative estimate of drug-likeness (QED) is 0.774. The molecule has 0 aliphatic heterocycles. The Balaban J connectivity index is 2.66. The molecule has 0 unspecified atom stereocenters. The third-order valence-corrected chi connectivity index (χ3v) is 3.10. The van der Waals surface area contributed by atoms with Gasteiger partial charge in [0.05, 0.1) is 5.69 Å². The second-order valence-electron chi connectivity index (χ2n) is 4.64. The molecule has 0 bridgehead atoms. The zero-order valence-corrected chi connectivity index (χ0v) is 11.1. The van der Waals surface area contributed by atoms with Crippen molar-refractivity contribution in [3.8, 4) is 0 Å². The average molecular weight is 228 g/mol. The van der Waals surface area contributed by atoms with Gasteiger partial charge in [-0.15, -0.1) is 0 Å². The maximum Gasteiger partial charge on any atom is 0.137 e. The van der Waals surface area contributed by atoms with Gasteiger partial charge in [-0.25, -0.2) is 4.98 Å². The molecule has 0 aliphatic carbocycles. The molecule has 0 aromatic carbocycles. The van der Waals surface area contributed by atoms with Crippen molar-refractivity contribution in [2.24, 2.45) is 0 Å². The third-order valence-electron chi connectivity index (χ3n) is 3.10. The van der Waals surface area contributed by atoms with E-state index >= 15 is 0 Å². The summed E-state index contributed by atoms with van der Waals surface area (Å²) in [4.78, 5) is 4.65. The Hall–Kier alpha value is -1.57. The molecule has 90 valence electrons. The molecule has 2 nitrogen and oxygen atoms in total.